The molecule has 3 N–H and O–H groups in total. The van der Waals surface area contributed by atoms with Gasteiger partial charge in [-0.05, 0) is 36.3 Å². The van der Waals surface area contributed by atoms with Crippen molar-refractivity contribution in [1.82, 2.24) is 16.0 Å². The van der Waals surface area contributed by atoms with Gasteiger partial charge in [0.15, 0.2) is 0 Å². The highest BCUT2D eigenvalue weighted by molar-refractivity contribution is 5.95. The van der Waals surface area contributed by atoms with Crippen LogP contribution in [0.2, 0.25) is 0 Å². The number of nitrogens with one attached hydrogen (secondary N) is 3. The van der Waals surface area contributed by atoms with E-state index in [0.29, 0.717) is 5.92 Å². The molecule has 0 radical (unpaired) electrons. The summed E-state index contributed by atoms with van der Waals surface area (Å²) in [5.41, 5.74) is 2.53. The van der Waals surface area contributed by atoms with Gasteiger partial charge in [-0.3, -0.25) is 10.1 Å². The molecule has 0 saturated heterocycles. The minimum atomic E-state index is -0.461. The van der Waals surface area contributed by atoms with Crippen molar-refractivity contribution in [3.05, 3.63) is 35.4 Å². The summed E-state index contributed by atoms with van der Waals surface area (Å²) in [6.07, 6.45) is 0. The quantitative estimate of drug-likeness (QED) is 0.737. The Morgan fingerprint density at radius 2 is 1.56 bits per heavy atom. The smallest absolute Gasteiger partial charge is 0.321 e. The standard InChI is InChI=1S/C20H33N3O2/c1-13(2)18(15-8-10-16(11-9-15)20(5,6)7)21-12-17(24)23-19(25)22-14(3)4/h8-11,13-14,18,21H,12H2,1-7H3,(H2,22,23,24,25). The third-order valence-electron chi connectivity index (χ3n) is 3.96. The highest BCUT2D eigenvalue weighted by Gasteiger charge is 2.19. The molecule has 25 heavy (non-hydrogen) atoms. The molecule has 0 aliphatic carbocycles. The molecule has 5 heteroatoms. The van der Waals surface area contributed by atoms with E-state index in [1.807, 2.05) is 13.8 Å². The first-order valence-corrected chi connectivity index (χ1v) is 8.95. The average molecular weight is 348 g/mol. The lowest BCUT2D eigenvalue weighted by Gasteiger charge is -2.25. The molecule has 5 nitrogen and oxygen atoms in total. The number of urea groups is 1. The Morgan fingerprint density at radius 1 is 1.00 bits per heavy atom. The normalized spacial score (nSPS) is 13.0. The molecule has 3 amide bonds. The van der Waals surface area contributed by atoms with Crippen LogP contribution >= 0.6 is 0 Å². The zero-order chi connectivity index (χ0) is 19.2. The van der Waals surface area contributed by atoms with Crippen molar-refractivity contribution in [2.24, 2.45) is 5.92 Å². The Balaban J connectivity index is 2.69. The van der Waals surface area contributed by atoms with Gasteiger partial charge in [0, 0.05) is 12.1 Å². The van der Waals surface area contributed by atoms with Crippen molar-refractivity contribution >= 4 is 11.9 Å². The largest absolute Gasteiger partial charge is 0.336 e. The summed E-state index contributed by atoms with van der Waals surface area (Å²) >= 11 is 0. The van der Waals surface area contributed by atoms with E-state index in [2.05, 4.69) is 74.8 Å². The topological polar surface area (TPSA) is 70.2 Å². The molecule has 1 atom stereocenters. The molecule has 0 spiro atoms. The number of benzene rings is 1. The van der Waals surface area contributed by atoms with Crippen LogP contribution in [0.1, 0.15) is 65.6 Å². The fraction of sp³-hybridized carbons (Fsp3) is 0.600. The Labute approximate surface area is 152 Å². The van der Waals surface area contributed by atoms with E-state index in [-0.39, 0.29) is 30.0 Å². The van der Waals surface area contributed by atoms with Gasteiger partial charge in [-0.15, -0.1) is 0 Å². The molecule has 140 valence electrons. The van der Waals surface area contributed by atoms with Crippen LogP contribution in [0.4, 0.5) is 4.79 Å². The van der Waals surface area contributed by atoms with Crippen LogP contribution in [0.3, 0.4) is 0 Å². The average Bonchev–Trinajstić information content (AvgIpc) is 2.45. The van der Waals surface area contributed by atoms with E-state index in [4.69, 9.17) is 0 Å². The molecular weight excluding hydrogens is 314 g/mol. The van der Waals surface area contributed by atoms with Crippen molar-refractivity contribution < 1.29 is 9.59 Å². The number of rotatable bonds is 6. The summed E-state index contributed by atoms with van der Waals surface area (Å²) in [5, 5.41) is 8.23. The monoisotopic (exact) mass is 347 g/mol. The Hall–Kier alpha value is -1.88. The number of carbonyl (C=O) groups excluding carboxylic acids is 2. The van der Waals surface area contributed by atoms with Crippen LogP contribution in [0.25, 0.3) is 0 Å². The van der Waals surface area contributed by atoms with Gasteiger partial charge in [0.05, 0.1) is 6.54 Å². The first-order chi connectivity index (χ1) is 11.5. The SMILES string of the molecule is CC(C)NC(=O)NC(=O)CNC(c1ccc(C(C)(C)C)cc1)C(C)C. The lowest BCUT2D eigenvalue weighted by Crippen LogP contribution is -2.46. The Bertz CT molecular complexity index is 572. The predicted molar refractivity (Wildman–Crippen MR) is 103 cm³/mol. The van der Waals surface area contributed by atoms with E-state index in [0.717, 1.165) is 5.56 Å². The summed E-state index contributed by atoms with van der Waals surface area (Å²) < 4.78 is 0. The number of amides is 3. The fourth-order valence-corrected chi connectivity index (χ4v) is 2.60. The minimum Gasteiger partial charge on any atom is -0.336 e. The van der Waals surface area contributed by atoms with Gasteiger partial charge in [0.2, 0.25) is 5.91 Å². The van der Waals surface area contributed by atoms with E-state index in [1.54, 1.807) is 0 Å². The molecular formula is C20H33N3O2. The van der Waals surface area contributed by atoms with Gasteiger partial charge >= 0.3 is 6.03 Å². The second kappa shape index (κ2) is 8.99. The molecule has 0 aliphatic rings. The number of hydrogen-bond acceptors (Lipinski definition) is 3. The highest BCUT2D eigenvalue weighted by atomic mass is 16.2. The highest BCUT2D eigenvalue weighted by Crippen LogP contribution is 2.26. The second-order valence-electron chi connectivity index (χ2n) is 8.15. The van der Waals surface area contributed by atoms with Crippen molar-refractivity contribution in [3.63, 3.8) is 0 Å². The van der Waals surface area contributed by atoms with Crippen LogP contribution in [0, 0.1) is 5.92 Å². The van der Waals surface area contributed by atoms with Crippen LogP contribution in [-0.2, 0) is 10.2 Å². The summed E-state index contributed by atoms with van der Waals surface area (Å²) in [7, 11) is 0. The van der Waals surface area contributed by atoms with E-state index in [1.165, 1.54) is 5.56 Å². The first-order valence-electron chi connectivity index (χ1n) is 8.95. The van der Waals surface area contributed by atoms with Gasteiger partial charge in [0.25, 0.3) is 0 Å². The van der Waals surface area contributed by atoms with Crippen molar-refractivity contribution in [2.75, 3.05) is 6.54 Å². The Morgan fingerprint density at radius 3 is 2.00 bits per heavy atom. The van der Waals surface area contributed by atoms with E-state index >= 15 is 0 Å². The molecule has 0 heterocycles. The molecule has 0 bridgehead atoms. The maximum atomic E-state index is 11.9. The van der Waals surface area contributed by atoms with E-state index in [9.17, 15) is 9.59 Å². The van der Waals surface area contributed by atoms with Gasteiger partial charge in [0.1, 0.15) is 0 Å². The van der Waals surface area contributed by atoms with Gasteiger partial charge in [-0.25, -0.2) is 4.79 Å². The molecule has 0 fully saturated rings. The number of carbonyl (C=O) groups is 2. The molecule has 1 rings (SSSR count). The van der Waals surface area contributed by atoms with Crippen molar-refractivity contribution in [2.45, 2.75) is 66.0 Å². The molecule has 1 aromatic rings. The number of imide groups is 1. The molecule has 1 unspecified atom stereocenters. The third kappa shape index (κ3) is 7.26. The van der Waals surface area contributed by atoms with E-state index < -0.39 is 6.03 Å². The van der Waals surface area contributed by atoms with Crippen molar-refractivity contribution in [1.29, 1.82) is 0 Å². The molecule has 0 aliphatic heterocycles. The minimum absolute atomic E-state index is 0.00879. The zero-order valence-corrected chi connectivity index (χ0v) is 16.6. The fourth-order valence-electron chi connectivity index (χ4n) is 2.60. The maximum Gasteiger partial charge on any atom is 0.321 e. The Kier molecular flexibility index (Phi) is 7.61. The summed E-state index contributed by atoms with van der Waals surface area (Å²) in [6, 6.07) is 8.09. The number of hydrogen-bond donors (Lipinski definition) is 3. The van der Waals surface area contributed by atoms with Crippen molar-refractivity contribution in [3.8, 4) is 0 Å². The molecule has 0 aromatic heterocycles. The van der Waals surface area contributed by atoms with Gasteiger partial charge < -0.3 is 10.6 Å². The predicted octanol–water partition coefficient (Wildman–Crippen LogP) is 3.51. The first kappa shape index (κ1) is 21.2. The zero-order valence-electron chi connectivity index (χ0n) is 16.6. The summed E-state index contributed by atoms with van der Waals surface area (Å²) in [6.45, 7) is 14.6. The molecule has 0 saturated carbocycles. The lowest BCUT2D eigenvalue weighted by molar-refractivity contribution is -0.119. The maximum absolute atomic E-state index is 11.9. The van der Waals surface area contributed by atoms with Crippen LogP contribution in [0.5, 0.6) is 0 Å². The summed E-state index contributed by atoms with van der Waals surface area (Å²) in [4.78, 5) is 23.5. The lowest BCUT2D eigenvalue weighted by atomic mass is 9.85. The third-order valence-corrected chi connectivity index (χ3v) is 3.96. The van der Waals surface area contributed by atoms with Crippen LogP contribution in [0.15, 0.2) is 24.3 Å². The van der Waals surface area contributed by atoms with Crippen LogP contribution < -0.4 is 16.0 Å². The molecule has 1 aromatic carbocycles. The van der Waals surface area contributed by atoms with Gasteiger partial charge in [-0.2, -0.15) is 0 Å². The van der Waals surface area contributed by atoms with Crippen LogP contribution in [-0.4, -0.2) is 24.5 Å². The summed E-state index contributed by atoms with van der Waals surface area (Å²) in [5.74, 6) is -0.0205. The van der Waals surface area contributed by atoms with Gasteiger partial charge in [-0.1, -0.05) is 58.9 Å². The second-order valence-corrected chi connectivity index (χ2v) is 8.15.